The van der Waals surface area contributed by atoms with Gasteiger partial charge in [0.2, 0.25) is 17.7 Å². The second kappa shape index (κ2) is 16.5. The number of unbranched alkanes of at least 4 members (excludes halogenated alkanes) is 2. The van der Waals surface area contributed by atoms with Crippen LogP contribution in [0.1, 0.15) is 51.0 Å². The van der Waals surface area contributed by atoms with Gasteiger partial charge in [-0.05, 0) is 69.8 Å². The van der Waals surface area contributed by atoms with Gasteiger partial charge >= 0.3 is 5.97 Å². The first-order valence-corrected chi connectivity index (χ1v) is 12.2. The normalized spacial score (nSPS) is 14.2. The van der Waals surface area contributed by atoms with Crippen molar-refractivity contribution >= 4 is 23.7 Å². The zero-order valence-electron chi connectivity index (χ0n) is 20.7. The van der Waals surface area contributed by atoms with Crippen LogP contribution >= 0.6 is 0 Å². The van der Waals surface area contributed by atoms with Crippen molar-refractivity contribution in [3.8, 4) is 5.75 Å². The van der Waals surface area contributed by atoms with Crippen LogP contribution in [-0.2, 0) is 25.6 Å². The summed E-state index contributed by atoms with van der Waals surface area (Å²) in [6.45, 7) is 2.21. The fourth-order valence-electron chi connectivity index (χ4n) is 3.41. The summed E-state index contributed by atoms with van der Waals surface area (Å²) in [6, 6.07) is 1.97. The Morgan fingerprint density at radius 1 is 0.806 bits per heavy atom. The molecule has 0 bridgehead atoms. The smallest absolute Gasteiger partial charge is 0.325 e. The van der Waals surface area contributed by atoms with E-state index in [4.69, 9.17) is 22.3 Å². The minimum absolute atomic E-state index is 0.0340. The number of phenolic OH excluding ortho intramolecular Hbond substituents is 1. The third kappa shape index (κ3) is 11.5. The van der Waals surface area contributed by atoms with E-state index >= 15 is 0 Å². The predicted molar refractivity (Wildman–Crippen MR) is 135 cm³/mol. The highest BCUT2D eigenvalue weighted by Crippen LogP contribution is 2.12. The lowest BCUT2D eigenvalue weighted by molar-refractivity contribution is -0.141. The number of amides is 3. The molecule has 0 aliphatic carbocycles. The lowest BCUT2D eigenvalue weighted by atomic mass is 10.0. The molecule has 0 saturated carbocycles. The average molecular weight is 509 g/mol. The molecular formula is C24H40N6O6. The lowest BCUT2D eigenvalue weighted by Crippen LogP contribution is -2.57. The first-order chi connectivity index (χ1) is 17.1. The third-order valence-electron chi connectivity index (χ3n) is 5.62. The molecule has 4 unspecified atom stereocenters. The van der Waals surface area contributed by atoms with E-state index in [9.17, 15) is 24.3 Å². The van der Waals surface area contributed by atoms with Gasteiger partial charge in [0.25, 0.3) is 0 Å². The molecule has 1 aromatic rings. The molecule has 1 aromatic carbocycles. The minimum atomic E-state index is -1.23. The number of aromatic hydroxyl groups is 1. The second-order valence-corrected chi connectivity index (χ2v) is 8.74. The number of benzene rings is 1. The third-order valence-corrected chi connectivity index (χ3v) is 5.62. The molecule has 3 amide bonds. The van der Waals surface area contributed by atoms with E-state index in [0.29, 0.717) is 44.3 Å². The van der Waals surface area contributed by atoms with Crippen LogP contribution in [0.5, 0.6) is 5.75 Å². The standard InChI is InChI=1S/C24H40N6O6/c1-15(24(35)36)28-23(34)20(14-16-8-10-17(31)11-9-16)30-22(33)19(7-3-5-13-26)29-21(32)18(27)6-2-4-12-25/h8-11,15,18-20,31H,2-7,12-14,25-27H2,1H3,(H,28,34)(H,29,32)(H,30,33)(H,35,36). The number of nitrogens with one attached hydrogen (secondary N) is 3. The minimum Gasteiger partial charge on any atom is -0.508 e. The fraction of sp³-hybridized carbons (Fsp3) is 0.583. The number of carbonyl (C=O) groups excluding carboxylic acids is 3. The number of rotatable bonds is 17. The molecule has 0 aromatic heterocycles. The Balaban J connectivity index is 3.02. The highest BCUT2D eigenvalue weighted by Gasteiger charge is 2.29. The number of aliphatic carboxylic acids is 1. The number of nitrogens with two attached hydrogens (primary N) is 3. The number of hydrogen-bond donors (Lipinski definition) is 8. The van der Waals surface area contributed by atoms with E-state index in [2.05, 4.69) is 16.0 Å². The van der Waals surface area contributed by atoms with Crippen LogP contribution in [-0.4, -0.2) is 71.2 Å². The van der Waals surface area contributed by atoms with E-state index in [-0.39, 0.29) is 18.6 Å². The molecular weight excluding hydrogens is 468 g/mol. The van der Waals surface area contributed by atoms with Crippen LogP contribution in [0.2, 0.25) is 0 Å². The number of phenols is 1. The molecule has 0 fully saturated rings. The number of carboxylic acids is 1. The molecule has 1 rings (SSSR count). The van der Waals surface area contributed by atoms with Gasteiger partial charge in [0, 0.05) is 6.42 Å². The van der Waals surface area contributed by atoms with Gasteiger partial charge in [0.1, 0.15) is 23.9 Å². The van der Waals surface area contributed by atoms with Crippen molar-refractivity contribution in [3.05, 3.63) is 29.8 Å². The van der Waals surface area contributed by atoms with Crippen molar-refractivity contribution in [2.24, 2.45) is 17.2 Å². The van der Waals surface area contributed by atoms with Gasteiger partial charge in [0.05, 0.1) is 6.04 Å². The van der Waals surface area contributed by atoms with Gasteiger partial charge in [-0.1, -0.05) is 18.6 Å². The average Bonchev–Trinajstić information content (AvgIpc) is 2.84. The van der Waals surface area contributed by atoms with Gasteiger partial charge in [-0.15, -0.1) is 0 Å². The van der Waals surface area contributed by atoms with Crippen molar-refractivity contribution in [2.75, 3.05) is 13.1 Å². The van der Waals surface area contributed by atoms with Gasteiger partial charge in [0.15, 0.2) is 0 Å². The Kier molecular flexibility index (Phi) is 14.1. The maximum atomic E-state index is 13.2. The van der Waals surface area contributed by atoms with Crippen molar-refractivity contribution in [1.82, 2.24) is 16.0 Å². The zero-order valence-corrected chi connectivity index (χ0v) is 20.7. The maximum absolute atomic E-state index is 13.2. The Bertz CT molecular complexity index is 850. The summed E-state index contributed by atoms with van der Waals surface area (Å²) in [5, 5.41) is 26.3. The van der Waals surface area contributed by atoms with Crippen LogP contribution in [0, 0.1) is 0 Å². The summed E-state index contributed by atoms with van der Waals surface area (Å²) in [5.41, 5.74) is 17.6. The quantitative estimate of drug-likeness (QED) is 0.122. The van der Waals surface area contributed by atoms with Gasteiger partial charge < -0.3 is 43.4 Å². The van der Waals surface area contributed by atoms with Crippen LogP contribution in [0.4, 0.5) is 0 Å². The van der Waals surface area contributed by atoms with Crippen LogP contribution in [0.25, 0.3) is 0 Å². The van der Waals surface area contributed by atoms with Crippen molar-refractivity contribution in [1.29, 1.82) is 0 Å². The maximum Gasteiger partial charge on any atom is 0.325 e. The summed E-state index contributed by atoms with van der Waals surface area (Å²) in [5.74, 6) is -2.98. The van der Waals surface area contributed by atoms with E-state index in [1.807, 2.05) is 0 Å². The summed E-state index contributed by atoms with van der Waals surface area (Å²) >= 11 is 0. The summed E-state index contributed by atoms with van der Waals surface area (Å²) in [4.78, 5) is 49.8. The lowest BCUT2D eigenvalue weighted by Gasteiger charge is -2.25. The molecule has 0 radical (unpaired) electrons. The predicted octanol–water partition coefficient (Wildman–Crippen LogP) is -0.921. The summed E-state index contributed by atoms with van der Waals surface area (Å²) in [6.07, 6.45) is 3.32. The van der Waals surface area contributed by atoms with E-state index in [1.165, 1.54) is 19.1 Å². The topological polar surface area (TPSA) is 223 Å². The number of carbonyl (C=O) groups is 4. The summed E-state index contributed by atoms with van der Waals surface area (Å²) in [7, 11) is 0. The molecule has 36 heavy (non-hydrogen) atoms. The van der Waals surface area contributed by atoms with E-state index < -0.39 is 47.9 Å². The first-order valence-electron chi connectivity index (χ1n) is 12.2. The van der Waals surface area contributed by atoms with Gasteiger partial charge in [-0.3, -0.25) is 19.2 Å². The fourth-order valence-corrected chi connectivity index (χ4v) is 3.41. The van der Waals surface area contributed by atoms with Crippen LogP contribution < -0.4 is 33.2 Å². The molecule has 11 N–H and O–H groups in total. The second-order valence-electron chi connectivity index (χ2n) is 8.74. The molecule has 4 atom stereocenters. The molecule has 0 spiro atoms. The van der Waals surface area contributed by atoms with Crippen molar-refractivity contribution < 1.29 is 29.4 Å². The molecule has 0 heterocycles. The Morgan fingerprint density at radius 3 is 1.89 bits per heavy atom. The Hall–Kier alpha value is -3.22. The highest BCUT2D eigenvalue weighted by molar-refractivity contribution is 5.94. The SMILES string of the molecule is CC(NC(=O)C(Cc1ccc(O)cc1)NC(=O)C(CCCCN)NC(=O)C(N)CCCCN)C(=O)O. The first kappa shape index (κ1) is 30.8. The Morgan fingerprint density at radius 2 is 1.33 bits per heavy atom. The molecule has 0 saturated heterocycles. The van der Waals surface area contributed by atoms with Gasteiger partial charge in [-0.25, -0.2) is 0 Å². The zero-order chi connectivity index (χ0) is 27.1. The van der Waals surface area contributed by atoms with E-state index in [1.54, 1.807) is 12.1 Å². The van der Waals surface area contributed by atoms with Crippen LogP contribution in [0.15, 0.2) is 24.3 Å². The largest absolute Gasteiger partial charge is 0.508 e. The number of carboxylic acid groups (broad SMARTS) is 1. The van der Waals surface area contributed by atoms with Crippen molar-refractivity contribution in [3.63, 3.8) is 0 Å². The molecule has 0 aliphatic heterocycles. The molecule has 12 heteroatoms. The number of hydrogen-bond acceptors (Lipinski definition) is 8. The highest BCUT2D eigenvalue weighted by atomic mass is 16.4. The van der Waals surface area contributed by atoms with Crippen molar-refractivity contribution in [2.45, 2.75) is 76.0 Å². The molecule has 0 aliphatic rings. The van der Waals surface area contributed by atoms with Gasteiger partial charge in [-0.2, -0.15) is 0 Å². The molecule has 12 nitrogen and oxygen atoms in total. The molecule has 202 valence electrons. The Labute approximate surface area is 211 Å². The summed E-state index contributed by atoms with van der Waals surface area (Å²) < 4.78 is 0. The van der Waals surface area contributed by atoms with Crippen LogP contribution in [0.3, 0.4) is 0 Å². The monoisotopic (exact) mass is 508 g/mol. The van der Waals surface area contributed by atoms with E-state index in [0.717, 1.165) is 6.42 Å².